The third-order valence-corrected chi connectivity index (χ3v) is 3.39. The van der Waals surface area contributed by atoms with Crippen molar-refractivity contribution in [2.45, 2.75) is 6.54 Å². The normalized spacial score (nSPS) is 19.1. The quantitative estimate of drug-likeness (QED) is 0.592. The Balaban J connectivity index is 1.99. The lowest BCUT2D eigenvalue weighted by atomic mass is 10.1. The number of rotatable bonds is 1. The maximum atomic E-state index is 11.6. The Morgan fingerprint density at radius 1 is 1.24 bits per heavy atom. The van der Waals surface area contributed by atoms with E-state index in [1.165, 1.54) is 0 Å². The van der Waals surface area contributed by atoms with Crippen LogP contribution in [-0.4, -0.2) is 32.1 Å². The van der Waals surface area contributed by atoms with Crippen LogP contribution in [0, 0.1) is 0 Å². The van der Waals surface area contributed by atoms with Gasteiger partial charge in [-0.05, 0) is 17.7 Å². The van der Waals surface area contributed by atoms with Crippen LogP contribution in [0.5, 0.6) is 0 Å². The molecule has 3 rings (SSSR count). The monoisotopic (exact) mass is 232 g/mol. The van der Waals surface area contributed by atoms with Gasteiger partial charge in [0.25, 0.3) is 5.91 Å². The molecule has 1 saturated heterocycles. The summed E-state index contributed by atoms with van der Waals surface area (Å²) in [6.45, 7) is 4.39. The van der Waals surface area contributed by atoms with Gasteiger partial charge in [0.1, 0.15) is 0 Å². The van der Waals surface area contributed by atoms with Crippen LogP contribution in [0.25, 0.3) is 0 Å². The van der Waals surface area contributed by atoms with Gasteiger partial charge < -0.3 is 21.3 Å². The molecule has 0 aromatic heterocycles. The van der Waals surface area contributed by atoms with Crippen LogP contribution < -0.4 is 21.3 Å². The van der Waals surface area contributed by atoms with E-state index in [4.69, 9.17) is 5.73 Å². The van der Waals surface area contributed by atoms with Crippen LogP contribution in [0.2, 0.25) is 0 Å². The van der Waals surface area contributed by atoms with Crippen molar-refractivity contribution in [3.63, 3.8) is 0 Å². The lowest BCUT2D eigenvalue weighted by Gasteiger charge is -2.30. The van der Waals surface area contributed by atoms with Crippen LogP contribution >= 0.6 is 0 Å². The molecule has 0 unspecified atom stereocenters. The summed E-state index contributed by atoms with van der Waals surface area (Å²) in [6.07, 6.45) is 0. The van der Waals surface area contributed by atoms with Gasteiger partial charge in [0, 0.05) is 38.3 Å². The molecule has 1 amide bonds. The Morgan fingerprint density at radius 2 is 2.00 bits per heavy atom. The highest BCUT2D eigenvalue weighted by Crippen LogP contribution is 2.29. The number of amides is 1. The summed E-state index contributed by atoms with van der Waals surface area (Å²) in [7, 11) is 0. The summed E-state index contributed by atoms with van der Waals surface area (Å²) in [6, 6.07) is 3.85. The zero-order valence-electron chi connectivity index (χ0n) is 9.62. The van der Waals surface area contributed by atoms with Gasteiger partial charge in [-0.25, -0.2) is 0 Å². The number of hydrogen-bond donors (Lipinski definition) is 3. The van der Waals surface area contributed by atoms with Crippen LogP contribution in [0.4, 0.5) is 11.4 Å². The van der Waals surface area contributed by atoms with Crippen molar-refractivity contribution in [1.29, 1.82) is 0 Å². The number of nitrogens with one attached hydrogen (secondary N) is 2. The maximum absolute atomic E-state index is 11.6. The molecule has 5 heteroatoms. The first-order chi connectivity index (χ1) is 8.25. The molecular formula is C12H16N4O. The molecule has 1 aromatic carbocycles. The molecule has 90 valence electrons. The molecule has 1 aromatic rings. The van der Waals surface area contributed by atoms with Crippen molar-refractivity contribution >= 4 is 17.3 Å². The van der Waals surface area contributed by atoms with Gasteiger partial charge in [0.2, 0.25) is 0 Å². The van der Waals surface area contributed by atoms with E-state index in [0.717, 1.165) is 48.7 Å². The summed E-state index contributed by atoms with van der Waals surface area (Å²) in [5.74, 6) is 0.0105. The van der Waals surface area contributed by atoms with Crippen molar-refractivity contribution < 1.29 is 4.79 Å². The Bertz CT molecular complexity index is 466. The zero-order valence-corrected chi connectivity index (χ0v) is 9.62. The van der Waals surface area contributed by atoms with Crippen LogP contribution in [0.1, 0.15) is 15.9 Å². The predicted octanol–water partition coefficient (Wildman–Crippen LogP) is -0.0782. The van der Waals surface area contributed by atoms with Crippen molar-refractivity contribution in [3.05, 3.63) is 23.3 Å². The number of nitrogen functional groups attached to an aromatic ring is 1. The van der Waals surface area contributed by atoms with Gasteiger partial charge in [-0.3, -0.25) is 4.79 Å². The molecule has 2 aliphatic rings. The first kappa shape index (κ1) is 10.4. The zero-order chi connectivity index (χ0) is 11.8. The van der Waals surface area contributed by atoms with E-state index in [0.29, 0.717) is 6.54 Å². The van der Waals surface area contributed by atoms with Gasteiger partial charge in [0.05, 0.1) is 11.4 Å². The van der Waals surface area contributed by atoms with Crippen LogP contribution in [0.15, 0.2) is 12.1 Å². The SMILES string of the molecule is Nc1cc2c(cc1N1CCNCC1)C(=O)NC2. The lowest BCUT2D eigenvalue weighted by Crippen LogP contribution is -2.43. The molecule has 0 aliphatic carbocycles. The smallest absolute Gasteiger partial charge is 0.251 e. The topological polar surface area (TPSA) is 70.4 Å². The molecule has 1 fully saturated rings. The fourth-order valence-electron chi connectivity index (χ4n) is 2.46. The molecule has 0 spiro atoms. The average molecular weight is 232 g/mol. The minimum atomic E-state index is 0.0105. The summed E-state index contributed by atoms with van der Waals surface area (Å²) in [5.41, 5.74) is 9.60. The number of carbonyl (C=O) groups excluding carboxylic acids is 1. The number of benzene rings is 1. The van der Waals surface area contributed by atoms with E-state index in [1.807, 2.05) is 12.1 Å². The summed E-state index contributed by atoms with van der Waals surface area (Å²) in [5, 5.41) is 6.12. The molecule has 2 heterocycles. The van der Waals surface area contributed by atoms with E-state index in [-0.39, 0.29) is 5.91 Å². The fraction of sp³-hybridized carbons (Fsp3) is 0.417. The Labute approximate surface area is 100.0 Å². The molecule has 17 heavy (non-hydrogen) atoms. The van der Waals surface area contributed by atoms with Gasteiger partial charge in [-0.1, -0.05) is 0 Å². The minimum Gasteiger partial charge on any atom is -0.397 e. The number of piperazine rings is 1. The Morgan fingerprint density at radius 3 is 2.76 bits per heavy atom. The summed E-state index contributed by atoms with van der Waals surface area (Å²) < 4.78 is 0. The van der Waals surface area contributed by atoms with Gasteiger partial charge in [-0.15, -0.1) is 0 Å². The van der Waals surface area contributed by atoms with Crippen LogP contribution in [-0.2, 0) is 6.54 Å². The van der Waals surface area contributed by atoms with Crippen LogP contribution in [0.3, 0.4) is 0 Å². The molecule has 0 bridgehead atoms. The highest BCUT2D eigenvalue weighted by atomic mass is 16.1. The highest BCUT2D eigenvalue weighted by Gasteiger charge is 2.22. The number of carbonyl (C=O) groups is 1. The number of anilines is 2. The predicted molar refractivity (Wildman–Crippen MR) is 67.1 cm³/mol. The lowest BCUT2D eigenvalue weighted by molar-refractivity contribution is 0.0966. The Hall–Kier alpha value is -1.75. The molecule has 4 N–H and O–H groups in total. The maximum Gasteiger partial charge on any atom is 0.251 e. The van der Waals surface area contributed by atoms with E-state index in [2.05, 4.69) is 15.5 Å². The number of nitrogens with two attached hydrogens (primary N) is 1. The molecular weight excluding hydrogens is 216 g/mol. The molecule has 2 aliphatic heterocycles. The van der Waals surface area contributed by atoms with E-state index < -0.39 is 0 Å². The third kappa shape index (κ3) is 1.72. The first-order valence-corrected chi connectivity index (χ1v) is 5.92. The van der Waals surface area contributed by atoms with Gasteiger partial charge >= 0.3 is 0 Å². The summed E-state index contributed by atoms with van der Waals surface area (Å²) in [4.78, 5) is 13.9. The third-order valence-electron chi connectivity index (χ3n) is 3.39. The molecule has 0 atom stereocenters. The van der Waals surface area contributed by atoms with Gasteiger partial charge in [0.15, 0.2) is 0 Å². The summed E-state index contributed by atoms with van der Waals surface area (Å²) >= 11 is 0. The molecule has 0 radical (unpaired) electrons. The number of fused-ring (bicyclic) bond motifs is 1. The largest absolute Gasteiger partial charge is 0.397 e. The number of nitrogens with zero attached hydrogens (tertiary/aromatic N) is 1. The molecule has 0 saturated carbocycles. The highest BCUT2D eigenvalue weighted by molar-refractivity contribution is 6.00. The van der Waals surface area contributed by atoms with E-state index >= 15 is 0 Å². The second-order valence-corrected chi connectivity index (χ2v) is 4.49. The van der Waals surface area contributed by atoms with Crippen molar-refractivity contribution in [2.75, 3.05) is 36.8 Å². The molecule has 5 nitrogen and oxygen atoms in total. The number of hydrogen-bond acceptors (Lipinski definition) is 4. The standard InChI is InChI=1S/C12H16N4O/c13-10-5-8-7-15-12(17)9(8)6-11(10)16-3-1-14-2-4-16/h5-6,14H,1-4,7,13H2,(H,15,17). The van der Waals surface area contributed by atoms with Crippen molar-refractivity contribution in [1.82, 2.24) is 10.6 Å². The van der Waals surface area contributed by atoms with Crippen molar-refractivity contribution in [2.24, 2.45) is 0 Å². The second-order valence-electron chi connectivity index (χ2n) is 4.49. The van der Waals surface area contributed by atoms with Gasteiger partial charge in [-0.2, -0.15) is 0 Å². The van der Waals surface area contributed by atoms with E-state index in [9.17, 15) is 4.79 Å². The average Bonchev–Trinajstić information content (AvgIpc) is 2.70. The first-order valence-electron chi connectivity index (χ1n) is 5.92. The minimum absolute atomic E-state index is 0.0105. The second kappa shape index (κ2) is 3.92. The van der Waals surface area contributed by atoms with Crippen molar-refractivity contribution in [3.8, 4) is 0 Å². The Kier molecular flexibility index (Phi) is 2.40. The van der Waals surface area contributed by atoms with E-state index in [1.54, 1.807) is 0 Å². The fourth-order valence-corrected chi connectivity index (χ4v) is 2.46.